The van der Waals surface area contributed by atoms with Gasteiger partial charge in [0.25, 0.3) is 0 Å². The first-order valence-corrected chi connectivity index (χ1v) is 7.64. The lowest BCUT2D eigenvalue weighted by Crippen LogP contribution is -2.43. The van der Waals surface area contributed by atoms with Gasteiger partial charge in [-0.25, -0.2) is 0 Å². The average Bonchev–Trinajstić information content (AvgIpc) is 2.91. The van der Waals surface area contributed by atoms with Crippen molar-refractivity contribution >= 4 is 5.97 Å². The van der Waals surface area contributed by atoms with Crippen molar-refractivity contribution in [3.63, 3.8) is 0 Å². The predicted molar refractivity (Wildman–Crippen MR) is 82.3 cm³/mol. The van der Waals surface area contributed by atoms with E-state index in [1.165, 1.54) is 16.7 Å². The molecule has 116 valence electrons. The Morgan fingerprint density at radius 2 is 2.00 bits per heavy atom. The zero-order chi connectivity index (χ0) is 15.4. The summed E-state index contributed by atoms with van der Waals surface area (Å²) < 4.78 is 5.43. The van der Waals surface area contributed by atoms with Crippen LogP contribution in [0.2, 0.25) is 0 Å². The van der Waals surface area contributed by atoms with Crippen LogP contribution in [-0.4, -0.2) is 41.8 Å². The summed E-state index contributed by atoms with van der Waals surface area (Å²) in [5, 5.41) is 9.37. The molecule has 0 saturated carbocycles. The second-order valence-corrected chi connectivity index (χ2v) is 5.89. The van der Waals surface area contributed by atoms with Gasteiger partial charge in [-0.3, -0.25) is 9.69 Å². The molecule has 0 radical (unpaired) electrons. The molecule has 4 nitrogen and oxygen atoms in total. The van der Waals surface area contributed by atoms with Crippen molar-refractivity contribution < 1.29 is 14.6 Å². The molecule has 21 heavy (non-hydrogen) atoms. The molecule has 1 aliphatic rings. The molecule has 1 N–H and O–H groups in total. The van der Waals surface area contributed by atoms with Crippen LogP contribution in [0.5, 0.6) is 0 Å². The van der Waals surface area contributed by atoms with Gasteiger partial charge in [-0.2, -0.15) is 0 Å². The van der Waals surface area contributed by atoms with Gasteiger partial charge in [0, 0.05) is 12.6 Å². The van der Waals surface area contributed by atoms with Crippen molar-refractivity contribution in [3.8, 4) is 0 Å². The highest BCUT2D eigenvalue weighted by Crippen LogP contribution is 2.24. The number of hydrogen-bond acceptors (Lipinski definition) is 3. The van der Waals surface area contributed by atoms with E-state index in [4.69, 9.17) is 4.74 Å². The van der Waals surface area contributed by atoms with E-state index in [0.717, 1.165) is 19.5 Å². The summed E-state index contributed by atoms with van der Waals surface area (Å²) in [5.41, 5.74) is 3.84. The van der Waals surface area contributed by atoms with Crippen LogP contribution in [0.1, 0.15) is 30.0 Å². The lowest BCUT2D eigenvalue weighted by atomic mass is 9.98. The zero-order valence-corrected chi connectivity index (χ0v) is 13.1. The highest BCUT2D eigenvalue weighted by molar-refractivity contribution is 5.71. The van der Waals surface area contributed by atoms with Crippen molar-refractivity contribution in [2.45, 2.75) is 39.8 Å². The number of ether oxygens (including phenoxy) is 1. The van der Waals surface area contributed by atoms with Crippen LogP contribution >= 0.6 is 0 Å². The Morgan fingerprint density at radius 3 is 2.57 bits per heavy atom. The molecule has 2 rings (SSSR count). The Bertz CT molecular complexity index is 481. The van der Waals surface area contributed by atoms with E-state index in [1.807, 2.05) is 0 Å². The van der Waals surface area contributed by atoms with Gasteiger partial charge in [-0.15, -0.1) is 0 Å². The average molecular weight is 291 g/mol. The first-order valence-electron chi connectivity index (χ1n) is 7.64. The van der Waals surface area contributed by atoms with Gasteiger partial charge in [-0.05, 0) is 43.5 Å². The fourth-order valence-electron chi connectivity index (χ4n) is 3.09. The van der Waals surface area contributed by atoms with Crippen molar-refractivity contribution in [2.24, 2.45) is 5.92 Å². The number of carbonyl (C=O) groups is 1. The van der Waals surface area contributed by atoms with Gasteiger partial charge in [0.15, 0.2) is 0 Å². The minimum Gasteiger partial charge on any atom is -0.481 e. The number of nitrogens with zero attached hydrogens (tertiary/aromatic N) is 1. The summed E-state index contributed by atoms with van der Waals surface area (Å²) in [6.45, 7) is 8.90. The SMILES string of the molecule is CCCN(Cc1c(C)cccc1C)C1COCC1C(=O)O. The standard InChI is InChI=1S/C17H25NO3/c1-4-8-18(16-11-21-10-15(16)17(19)20)9-14-12(2)6-5-7-13(14)3/h5-7,15-16H,4,8-11H2,1-3H3,(H,19,20). The third-order valence-electron chi connectivity index (χ3n) is 4.35. The maximum absolute atomic E-state index is 11.4. The summed E-state index contributed by atoms with van der Waals surface area (Å²) in [6.07, 6.45) is 1.01. The maximum atomic E-state index is 11.4. The maximum Gasteiger partial charge on any atom is 0.310 e. The first kappa shape index (κ1) is 16.0. The molecule has 1 heterocycles. The van der Waals surface area contributed by atoms with Crippen LogP contribution in [0.15, 0.2) is 18.2 Å². The number of aliphatic carboxylic acids is 1. The molecule has 4 heteroatoms. The third kappa shape index (κ3) is 3.63. The van der Waals surface area contributed by atoms with Crippen molar-refractivity contribution in [1.29, 1.82) is 0 Å². The summed E-state index contributed by atoms with van der Waals surface area (Å²) in [5.74, 6) is -1.17. The molecule has 0 spiro atoms. The Hall–Kier alpha value is -1.39. The van der Waals surface area contributed by atoms with Gasteiger partial charge in [-0.1, -0.05) is 25.1 Å². The second kappa shape index (κ2) is 7.05. The largest absolute Gasteiger partial charge is 0.481 e. The van der Waals surface area contributed by atoms with Gasteiger partial charge in [0.2, 0.25) is 0 Å². The Balaban J connectivity index is 2.21. The van der Waals surface area contributed by atoms with E-state index in [0.29, 0.717) is 13.2 Å². The number of carboxylic acid groups (broad SMARTS) is 1. The van der Waals surface area contributed by atoms with E-state index in [2.05, 4.69) is 43.9 Å². The van der Waals surface area contributed by atoms with Crippen LogP contribution < -0.4 is 0 Å². The highest BCUT2D eigenvalue weighted by atomic mass is 16.5. The topological polar surface area (TPSA) is 49.8 Å². The fraction of sp³-hybridized carbons (Fsp3) is 0.588. The summed E-state index contributed by atoms with van der Waals surface area (Å²) in [4.78, 5) is 13.7. The molecule has 0 bridgehead atoms. The molecule has 0 amide bonds. The molecule has 1 saturated heterocycles. The lowest BCUT2D eigenvalue weighted by molar-refractivity contribution is -0.143. The molecule has 0 aliphatic carbocycles. The number of carboxylic acids is 1. The fourth-order valence-corrected chi connectivity index (χ4v) is 3.09. The van der Waals surface area contributed by atoms with Crippen LogP contribution in [0.3, 0.4) is 0 Å². The molecule has 1 aliphatic heterocycles. The second-order valence-electron chi connectivity index (χ2n) is 5.89. The summed E-state index contributed by atoms with van der Waals surface area (Å²) in [7, 11) is 0. The normalized spacial score (nSPS) is 21.9. The van der Waals surface area contributed by atoms with E-state index in [1.54, 1.807) is 0 Å². The zero-order valence-electron chi connectivity index (χ0n) is 13.1. The minimum absolute atomic E-state index is 0.0264. The smallest absolute Gasteiger partial charge is 0.310 e. The quantitative estimate of drug-likeness (QED) is 0.875. The lowest BCUT2D eigenvalue weighted by Gasteiger charge is -2.31. The van der Waals surface area contributed by atoms with Gasteiger partial charge < -0.3 is 9.84 Å². The van der Waals surface area contributed by atoms with E-state index in [-0.39, 0.29) is 6.04 Å². The van der Waals surface area contributed by atoms with E-state index >= 15 is 0 Å². The van der Waals surface area contributed by atoms with E-state index < -0.39 is 11.9 Å². The van der Waals surface area contributed by atoms with Crippen LogP contribution in [0, 0.1) is 19.8 Å². The third-order valence-corrected chi connectivity index (χ3v) is 4.35. The minimum atomic E-state index is -0.750. The van der Waals surface area contributed by atoms with Gasteiger partial charge in [0.1, 0.15) is 0 Å². The van der Waals surface area contributed by atoms with E-state index in [9.17, 15) is 9.90 Å². The molecule has 0 aromatic heterocycles. The van der Waals surface area contributed by atoms with Crippen molar-refractivity contribution in [1.82, 2.24) is 4.90 Å². The Kier molecular flexibility index (Phi) is 5.37. The van der Waals surface area contributed by atoms with Crippen LogP contribution in [0.4, 0.5) is 0 Å². The summed E-state index contributed by atoms with van der Waals surface area (Å²) >= 11 is 0. The molecular weight excluding hydrogens is 266 g/mol. The molecule has 1 aromatic rings. The number of aryl methyl sites for hydroxylation is 2. The molecular formula is C17H25NO3. The molecule has 1 fully saturated rings. The number of rotatable bonds is 6. The van der Waals surface area contributed by atoms with Crippen molar-refractivity contribution in [2.75, 3.05) is 19.8 Å². The van der Waals surface area contributed by atoms with Gasteiger partial charge in [0.05, 0.1) is 19.1 Å². The number of benzene rings is 1. The summed E-state index contributed by atoms with van der Waals surface area (Å²) in [6, 6.07) is 6.27. The molecule has 2 unspecified atom stereocenters. The highest BCUT2D eigenvalue weighted by Gasteiger charge is 2.37. The Morgan fingerprint density at radius 1 is 1.33 bits per heavy atom. The van der Waals surface area contributed by atoms with Crippen LogP contribution in [0.25, 0.3) is 0 Å². The monoisotopic (exact) mass is 291 g/mol. The first-order chi connectivity index (χ1) is 10.0. The van der Waals surface area contributed by atoms with Gasteiger partial charge >= 0.3 is 5.97 Å². The number of hydrogen-bond donors (Lipinski definition) is 1. The molecule has 1 aromatic carbocycles. The van der Waals surface area contributed by atoms with Crippen LogP contribution in [-0.2, 0) is 16.1 Å². The molecule has 2 atom stereocenters. The van der Waals surface area contributed by atoms with Crippen molar-refractivity contribution in [3.05, 3.63) is 34.9 Å². The predicted octanol–water partition coefficient (Wildman–Crippen LogP) is 2.62. The Labute approximate surface area is 126 Å².